The van der Waals surface area contributed by atoms with Gasteiger partial charge in [-0.15, -0.1) is 0 Å². The number of piperidine rings is 1. The Kier molecular flexibility index (Phi) is 5.50. The standard InChI is InChI=1S/C21H23ClN4O2/c1-25(14-19-16-6-2-5-9-20(16)28-24-19)15-10-12-26(13-11-15)21(27)23-18-8-4-3-7-17(18)22/h2-9,15H,10-14H2,1H3,(H,23,27). The third-order valence-corrected chi connectivity index (χ3v) is 5.67. The molecule has 28 heavy (non-hydrogen) atoms. The molecule has 3 aromatic rings. The van der Waals surface area contributed by atoms with E-state index in [1.54, 1.807) is 6.07 Å². The molecule has 0 spiro atoms. The molecule has 1 aliphatic rings. The predicted octanol–water partition coefficient (Wildman–Crippen LogP) is 4.61. The number of carbonyl (C=O) groups excluding carboxylic acids is 1. The number of hydrogen-bond acceptors (Lipinski definition) is 4. The number of carbonyl (C=O) groups is 1. The molecular formula is C21H23ClN4O2. The van der Waals surface area contributed by atoms with Crippen molar-refractivity contribution in [1.29, 1.82) is 0 Å². The Morgan fingerprint density at radius 3 is 2.71 bits per heavy atom. The first-order valence-electron chi connectivity index (χ1n) is 9.46. The van der Waals surface area contributed by atoms with Gasteiger partial charge in [-0.3, -0.25) is 4.90 Å². The van der Waals surface area contributed by atoms with Crippen LogP contribution < -0.4 is 5.32 Å². The lowest BCUT2D eigenvalue weighted by Gasteiger charge is -2.36. The minimum atomic E-state index is -0.100. The van der Waals surface area contributed by atoms with Gasteiger partial charge in [0.05, 0.1) is 10.7 Å². The summed E-state index contributed by atoms with van der Waals surface area (Å²) in [6.07, 6.45) is 1.84. The minimum Gasteiger partial charge on any atom is -0.356 e. The molecular weight excluding hydrogens is 376 g/mol. The lowest BCUT2D eigenvalue weighted by Crippen LogP contribution is -2.46. The third kappa shape index (κ3) is 3.98. The van der Waals surface area contributed by atoms with E-state index in [-0.39, 0.29) is 6.03 Å². The van der Waals surface area contributed by atoms with Crippen LogP contribution in [0.1, 0.15) is 18.5 Å². The second kappa shape index (κ2) is 8.20. The summed E-state index contributed by atoms with van der Waals surface area (Å²) >= 11 is 6.13. The molecule has 1 aromatic heterocycles. The zero-order chi connectivity index (χ0) is 19.5. The Bertz CT molecular complexity index is 966. The number of nitrogens with zero attached hydrogens (tertiary/aromatic N) is 3. The van der Waals surface area contributed by atoms with Gasteiger partial charge in [0.1, 0.15) is 5.69 Å². The maximum Gasteiger partial charge on any atom is 0.321 e. The number of anilines is 1. The number of para-hydroxylation sites is 2. The van der Waals surface area contributed by atoms with Gasteiger partial charge in [-0.05, 0) is 44.2 Å². The maximum atomic E-state index is 12.5. The van der Waals surface area contributed by atoms with Crippen molar-refractivity contribution >= 4 is 34.3 Å². The molecule has 146 valence electrons. The van der Waals surface area contributed by atoms with Gasteiger partial charge in [-0.2, -0.15) is 0 Å². The first-order valence-corrected chi connectivity index (χ1v) is 9.83. The first kappa shape index (κ1) is 18.8. The number of likely N-dealkylation sites (tertiary alicyclic amines) is 1. The zero-order valence-corrected chi connectivity index (χ0v) is 16.5. The van der Waals surface area contributed by atoms with E-state index in [4.69, 9.17) is 16.1 Å². The van der Waals surface area contributed by atoms with Crippen LogP contribution in [-0.2, 0) is 6.54 Å². The van der Waals surface area contributed by atoms with Crippen molar-refractivity contribution in [3.05, 3.63) is 59.2 Å². The molecule has 1 aliphatic heterocycles. The molecule has 0 aliphatic carbocycles. The molecule has 2 aromatic carbocycles. The average molecular weight is 399 g/mol. The highest BCUT2D eigenvalue weighted by atomic mass is 35.5. The van der Waals surface area contributed by atoms with Crippen LogP contribution in [0.2, 0.25) is 5.02 Å². The Morgan fingerprint density at radius 1 is 1.21 bits per heavy atom. The Labute approximate surface area is 169 Å². The van der Waals surface area contributed by atoms with Crippen molar-refractivity contribution in [2.45, 2.75) is 25.4 Å². The number of amides is 2. The summed E-state index contributed by atoms with van der Waals surface area (Å²) < 4.78 is 5.40. The fourth-order valence-electron chi connectivity index (χ4n) is 3.68. The van der Waals surface area contributed by atoms with E-state index in [0.29, 0.717) is 29.8 Å². The summed E-state index contributed by atoms with van der Waals surface area (Å²) in [5, 5.41) is 8.73. The largest absolute Gasteiger partial charge is 0.356 e. The van der Waals surface area contributed by atoms with Gasteiger partial charge in [0.2, 0.25) is 0 Å². The van der Waals surface area contributed by atoms with Gasteiger partial charge in [0.15, 0.2) is 5.58 Å². The number of fused-ring (bicyclic) bond motifs is 1. The highest BCUT2D eigenvalue weighted by Crippen LogP contribution is 2.24. The molecule has 0 saturated carbocycles. The van der Waals surface area contributed by atoms with Gasteiger partial charge >= 0.3 is 6.03 Å². The van der Waals surface area contributed by atoms with Crippen molar-refractivity contribution < 1.29 is 9.32 Å². The Balaban J connectivity index is 1.32. The summed E-state index contributed by atoms with van der Waals surface area (Å²) in [5.74, 6) is 0. The molecule has 0 radical (unpaired) electrons. The molecule has 0 atom stereocenters. The number of benzene rings is 2. The molecule has 0 bridgehead atoms. The van der Waals surface area contributed by atoms with E-state index in [9.17, 15) is 4.79 Å². The first-order chi connectivity index (χ1) is 13.6. The van der Waals surface area contributed by atoms with E-state index < -0.39 is 0 Å². The average Bonchev–Trinajstić information content (AvgIpc) is 3.13. The van der Waals surface area contributed by atoms with Crippen LogP contribution >= 0.6 is 11.6 Å². The third-order valence-electron chi connectivity index (χ3n) is 5.34. The van der Waals surface area contributed by atoms with Crippen LogP contribution in [0.15, 0.2) is 53.1 Å². The topological polar surface area (TPSA) is 61.6 Å². The van der Waals surface area contributed by atoms with Gasteiger partial charge in [-0.1, -0.05) is 41.0 Å². The molecule has 7 heteroatoms. The molecule has 1 N–H and O–H groups in total. The molecule has 1 fully saturated rings. The number of halogens is 1. The summed E-state index contributed by atoms with van der Waals surface area (Å²) in [6.45, 7) is 2.16. The summed E-state index contributed by atoms with van der Waals surface area (Å²) in [4.78, 5) is 16.7. The van der Waals surface area contributed by atoms with Gasteiger partial charge in [-0.25, -0.2) is 4.79 Å². The lowest BCUT2D eigenvalue weighted by molar-refractivity contribution is 0.135. The van der Waals surface area contributed by atoms with Crippen LogP contribution in [0.5, 0.6) is 0 Å². The smallest absolute Gasteiger partial charge is 0.321 e. The van der Waals surface area contributed by atoms with Crippen LogP contribution in [0.3, 0.4) is 0 Å². The van der Waals surface area contributed by atoms with Crippen molar-refractivity contribution in [2.24, 2.45) is 0 Å². The number of aromatic nitrogens is 1. The SMILES string of the molecule is CN(Cc1noc2ccccc12)C1CCN(C(=O)Nc2ccccc2Cl)CC1. The maximum absolute atomic E-state index is 12.5. The summed E-state index contributed by atoms with van der Waals surface area (Å²) in [7, 11) is 2.10. The monoisotopic (exact) mass is 398 g/mol. The fraction of sp³-hybridized carbons (Fsp3) is 0.333. The van der Waals surface area contributed by atoms with Crippen molar-refractivity contribution in [2.75, 3.05) is 25.5 Å². The molecule has 1 saturated heterocycles. The van der Waals surface area contributed by atoms with E-state index in [0.717, 1.165) is 36.0 Å². The Morgan fingerprint density at radius 2 is 1.93 bits per heavy atom. The fourth-order valence-corrected chi connectivity index (χ4v) is 3.87. The van der Waals surface area contributed by atoms with E-state index in [2.05, 4.69) is 22.4 Å². The summed E-state index contributed by atoms with van der Waals surface area (Å²) in [5.41, 5.74) is 2.42. The van der Waals surface area contributed by atoms with E-state index in [1.165, 1.54) is 0 Å². The van der Waals surface area contributed by atoms with Crippen molar-refractivity contribution in [3.8, 4) is 0 Å². The molecule has 0 unspecified atom stereocenters. The highest BCUT2D eigenvalue weighted by molar-refractivity contribution is 6.33. The second-order valence-electron chi connectivity index (χ2n) is 7.17. The number of urea groups is 1. The van der Waals surface area contributed by atoms with Crippen LogP contribution in [0.25, 0.3) is 11.0 Å². The van der Waals surface area contributed by atoms with Gasteiger partial charge in [0.25, 0.3) is 0 Å². The van der Waals surface area contributed by atoms with Crippen LogP contribution in [-0.4, -0.2) is 47.2 Å². The molecule has 6 nitrogen and oxygen atoms in total. The number of nitrogens with one attached hydrogen (secondary N) is 1. The van der Waals surface area contributed by atoms with Crippen molar-refractivity contribution in [1.82, 2.24) is 15.0 Å². The van der Waals surface area contributed by atoms with Gasteiger partial charge in [0, 0.05) is 31.1 Å². The van der Waals surface area contributed by atoms with E-state index in [1.807, 2.05) is 47.4 Å². The normalized spacial score (nSPS) is 15.3. The summed E-state index contributed by atoms with van der Waals surface area (Å²) in [6, 6.07) is 15.5. The number of hydrogen-bond donors (Lipinski definition) is 1. The lowest BCUT2D eigenvalue weighted by atomic mass is 10.0. The highest BCUT2D eigenvalue weighted by Gasteiger charge is 2.26. The quantitative estimate of drug-likeness (QED) is 0.697. The zero-order valence-electron chi connectivity index (χ0n) is 15.8. The molecule has 4 rings (SSSR count). The second-order valence-corrected chi connectivity index (χ2v) is 7.58. The number of rotatable bonds is 4. The van der Waals surface area contributed by atoms with Crippen molar-refractivity contribution in [3.63, 3.8) is 0 Å². The van der Waals surface area contributed by atoms with Gasteiger partial charge < -0.3 is 14.7 Å². The molecule has 2 amide bonds. The van der Waals surface area contributed by atoms with E-state index >= 15 is 0 Å². The van der Waals surface area contributed by atoms with Crippen LogP contribution in [0, 0.1) is 0 Å². The van der Waals surface area contributed by atoms with Crippen LogP contribution in [0.4, 0.5) is 10.5 Å². The minimum absolute atomic E-state index is 0.100. The Hall–Kier alpha value is -2.57. The molecule has 2 heterocycles. The predicted molar refractivity (Wildman–Crippen MR) is 111 cm³/mol.